The highest BCUT2D eigenvalue weighted by Gasteiger charge is 2.09. The average molecular weight is 169 g/mol. The summed E-state index contributed by atoms with van der Waals surface area (Å²) in [5.74, 6) is -2.51. The smallest absolute Gasteiger partial charge is 0.394 e. The number of aromatic nitrogens is 2. The quantitative estimate of drug-likeness (QED) is 0.500. The fourth-order valence-electron chi connectivity index (χ4n) is 0.634. The van der Waals surface area contributed by atoms with E-state index in [1.165, 1.54) is 6.20 Å². The van der Waals surface area contributed by atoms with Crippen LogP contribution in [0.15, 0.2) is 12.3 Å². The van der Waals surface area contributed by atoms with Crippen molar-refractivity contribution in [2.75, 3.05) is 0 Å². The van der Waals surface area contributed by atoms with Crippen LogP contribution >= 0.6 is 0 Å². The highest BCUT2D eigenvalue weighted by molar-refractivity contribution is 6.31. The molecule has 1 heterocycles. The van der Waals surface area contributed by atoms with Crippen molar-refractivity contribution in [1.82, 2.24) is 15.5 Å². The molecule has 1 aromatic heterocycles. The topological polar surface area (TPSA) is 95.1 Å². The molecule has 0 fully saturated rings. The zero-order chi connectivity index (χ0) is 8.97. The van der Waals surface area contributed by atoms with Gasteiger partial charge in [-0.05, 0) is 6.07 Å². The van der Waals surface area contributed by atoms with Crippen LogP contribution in [0.5, 0.6) is 0 Å². The van der Waals surface area contributed by atoms with Gasteiger partial charge in [-0.2, -0.15) is 5.10 Å². The molecule has 0 spiro atoms. The Hall–Kier alpha value is -1.85. The maximum absolute atomic E-state index is 10.5. The Morgan fingerprint density at radius 1 is 1.67 bits per heavy atom. The van der Waals surface area contributed by atoms with Crippen molar-refractivity contribution in [3.63, 3.8) is 0 Å². The van der Waals surface area contributed by atoms with Crippen LogP contribution in [0.4, 0.5) is 0 Å². The minimum Gasteiger partial charge on any atom is -0.474 e. The maximum atomic E-state index is 10.5. The van der Waals surface area contributed by atoms with E-state index in [2.05, 4.69) is 15.5 Å². The number of nitrogens with zero attached hydrogens (tertiary/aromatic N) is 1. The van der Waals surface area contributed by atoms with Gasteiger partial charge in [-0.3, -0.25) is 9.89 Å². The van der Waals surface area contributed by atoms with Gasteiger partial charge in [-0.15, -0.1) is 0 Å². The highest BCUT2D eigenvalue weighted by Crippen LogP contribution is 1.88. The zero-order valence-corrected chi connectivity index (χ0v) is 6.07. The fourth-order valence-corrected chi connectivity index (χ4v) is 0.634. The van der Waals surface area contributed by atoms with Crippen molar-refractivity contribution in [3.05, 3.63) is 18.0 Å². The van der Waals surface area contributed by atoms with E-state index in [4.69, 9.17) is 5.11 Å². The number of amides is 1. The summed E-state index contributed by atoms with van der Waals surface area (Å²) >= 11 is 0. The summed E-state index contributed by atoms with van der Waals surface area (Å²) in [6.45, 7) is 0.144. The number of nitrogens with one attached hydrogen (secondary N) is 2. The summed E-state index contributed by atoms with van der Waals surface area (Å²) in [6.07, 6.45) is 1.52. The van der Waals surface area contributed by atoms with E-state index >= 15 is 0 Å². The van der Waals surface area contributed by atoms with Crippen molar-refractivity contribution < 1.29 is 14.7 Å². The van der Waals surface area contributed by atoms with Gasteiger partial charge in [0.1, 0.15) is 0 Å². The molecule has 0 aliphatic rings. The molecule has 12 heavy (non-hydrogen) atoms. The molecule has 0 saturated carbocycles. The number of carbonyl (C=O) groups is 2. The molecule has 0 radical (unpaired) electrons. The van der Waals surface area contributed by atoms with E-state index in [9.17, 15) is 9.59 Å². The van der Waals surface area contributed by atoms with E-state index in [0.29, 0.717) is 5.69 Å². The van der Waals surface area contributed by atoms with E-state index in [0.717, 1.165) is 0 Å². The Morgan fingerprint density at radius 3 is 2.92 bits per heavy atom. The number of hydrogen-bond acceptors (Lipinski definition) is 3. The lowest BCUT2D eigenvalue weighted by Crippen LogP contribution is -2.30. The standard InChI is InChI=1S/C6H7N3O3/c10-5(6(11)12)7-3-4-1-2-8-9-4/h1-2H,3H2,(H,7,10)(H,8,9)(H,11,12). The molecule has 0 saturated heterocycles. The van der Waals surface area contributed by atoms with E-state index in [1.807, 2.05) is 0 Å². The van der Waals surface area contributed by atoms with Crippen LogP contribution in [0.25, 0.3) is 0 Å². The molecule has 0 bridgehead atoms. The van der Waals surface area contributed by atoms with Gasteiger partial charge in [0.25, 0.3) is 0 Å². The van der Waals surface area contributed by atoms with Crippen molar-refractivity contribution in [2.24, 2.45) is 0 Å². The zero-order valence-electron chi connectivity index (χ0n) is 6.07. The third-order valence-electron chi connectivity index (χ3n) is 1.19. The van der Waals surface area contributed by atoms with Crippen LogP contribution in [-0.2, 0) is 16.1 Å². The number of carboxylic acids is 1. The van der Waals surface area contributed by atoms with Gasteiger partial charge in [0, 0.05) is 6.20 Å². The van der Waals surface area contributed by atoms with E-state index in [1.54, 1.807) is 6.07 Å². The van der Waals surface area contributed by atoms with Gasteiger partial charge < -0.3 is 10.4 Å². The first-order valence-corrected chi connectivity index (χ1v) is 3.19. The molecular formula is C6H7N3O3. The van der Waals surface area contributed by atoms with Gasteiger partial charge in [0.15, 0.2) is 0 Å². The summed E-state index contributed by atoms with van der Waals surface area (Å²) in [7, 11) is 0. The molecule has 3 N–H and O–H groups in total. The van der Waals surface area contributed by atoms with Crippen LogP contribution < -0.4 is 5.32 Å². The van der Waals surface area contributed by atoms with Gasteiger partial charge in [-0.25, -0.2) is 4.79 Å². The maximum Gasteiger partial charge on any atom is 0.394 e. The number of carbonyl (C=O) groups excluding carboxylic acids is 1. The SMILES string of the molecule is O=C(O)C(=O)NCc1ccn[nH]1. The second kappa shape index (κ2) is 3.51. The molecule has 0 atom stereocenters. The monoisotopic (exact) mass is 169 g/mol. The Morgan fingerprint density at radius 2 is 2.42 bits per heavy atom. The van der Waals surface area contributed by atoms with Crippen LogP contribution in [0.3, 0.4) is 0 Å². The summed E-state index contributed by atoms with van der Waals surface area (Å²) in [5.41, 5.74) is 0.657. The molecule has 0 aromatic carbocycles. The molecule has 0 unspecified atom stereocenters. The third-order valence-corrected chi connectivity index (χ3v) is 1.19. The fraction of sp³-hybridized carbons (Fsp3) is 0.167. The number of carboxylic acid groups (broad SMARTS) is 1. The molecule has 64 valence electrons. The summed E-state index contributed by atoms with van der Waals surface area (Å²) < 4.78 is 0. The lowest BCUT2D eigenvalue weighted by Gasteiger charge is -1.97. The van der Waals surface area contributed by atoms with Crippen molar-refractivity contribution in [1.29, 1.82) is 0 Å². The van der Waals surface area contributed by atoms with Crippen LogP contribution in [-0.4, -0.2) is 27.2 Å². The average Bonchev–Trinajstić information content (AvgIpc) is 2.51. The van der Waals surface area contributed by atoms with Crippen LogP contribution in [0.1, 0.15) is 5.69 Å². The van der Waals surface area contributed by atoms with Crippen molar-refractivity contribution in [3.8, 4) is 0 Å². The minimum atomic E-state index is -1.49. The van der Waals surface area contributed by atoms with E-state index < -0.39 is 11.9 Å². The van der Waals surface area contributed by atoms with Gasteiger partial charge in [-0.1, -0.05) is 0 Å². The Bertz CT molecular complexity index is 280. The molecule has 0 aliphatic carbocycles. The van der Waals surface area contributed by atoms with E-state index in [-0.39, 0.29) is 6.54 Å². The van der Waals surface area contributed by atoms with Gasteiger partial charge in [0.05, 0.1) is 12.2 Å². The molecule has 1 rings (SSSR count). The predicted molar refractivity (Wildman–Crippen MR) is 38.1 cm³/mol. The molecule has 1 aromatic rings. The second-order valence-corrected chi connectivity index (χ2v) is 2.07. The van der Waals surface area contributed by atoms with Gasteiger partial charge in [0.2, 0.25) is 0 Å². The number of rotatable bonds is 2. The molecule has 0 aliphatic heterocycles. The molecular weight excluding hydrogens is 162 g/mol. The highest BCUT2D eigenvalue weighted by atomic mass is 16.4. The lowest BCUT2D eigenvalue weighted by atomic mass is 10.4. The number of aliphatic carboxylic acids is 1. The van der Waals surface area contributed by atoms with Crippen LogP contribution in [0, 0.1) is 0 Å². The van der Waals surface area contributed by atoms with Crippen molar-refractivity contribution in [2.45, 2.75) is 6.54 Å². The summed E-state index contributed by atoms with van der Waals surface area (Å²) in [6, 6.07) is 1.64. The Balaban J connectivity index is 2.37. The Kier molecular flexibility index (Phi) is 2.42. The number of H-pyrrole nitrogens is 1. The lowest BCUT2D eigenvalue weighted by molar-refractivity contribution is -0.150. The normalized spacial score (nSPS) is 9.33. The molecule has 1 amide bonds. The first-order chi connectivity index (χ1) is 5.70. The molecule has 6 heteroatoms. The third kappa shape index (κ3) is 2.08. The minimum absolute atomic E-state index is 0.144. The van der Waals surface area contributed by atoms with Gasteiger partial charge >= 0.3 is 11.9 Å². The Labute approximate surface area is 67.6 Å². The summed E-state index contributed by atoms with van der Waals surface area (Å²) in [5, 5.41) is 16.5. The first-order valence-electron chi connectivity index (χ1n) is 3.19. The first kappa shape index (κ1) is 8.25. The number of hydrogen-bond donors (Lipinski definition) is 3. The largest absolute Gasteiger partial charge is 0.474 e. The summed E-state index contributed by atoms with van der Waals surface area (Å²) in [4.78, 5) is 20.5. The molecule has 6 nitrogen and oxygen atoms in total. The van der Waals surface area contributed by atoms with Crippen molar-refractivity contribution >= 4 is 11.9 Å². The number of aromatic amines is 1. The van der Waals surface area contributed by atoms with Crippen LogP contribution in [0.2, 0.25) is 0 Å². The second-order valence-electron chi connectivity index (χ2n) is 2.07. The predicted octanol–water partition coefficient (Wildman–Crippen LogP) is -0.890.